The van der Waals surface area contributed by atoms with Crippen LogP contribution in [-0.4, -0.2) is 8.80 Å². The van der Waals surface area contributed by atoms with Gasteiger partial charge in [-0.05, 0) is 67.1 Å². The van der Waals surface area contributed by atoms with Crippen LogP contribution in [0.5, 0.6) is 0 Å². The molecule has 1 heterocycles. The monoisotopic (exact) mass is 416 g/mol. The summed E-state index contributed by atoms with van der Waals surface area (Å²) in [6, 6.07) is 10.8. The van der Waals surface area contributed by atoms with Gasteiger partial charge in [0.2, 0.25) is 0 Å². The van der Waals surface area contributed by atoms with Crippen LogP contribution in [0.4, 0.5) is 4.39 Å². The van der Waals surface area contributed by atoms with Gasteiger partial charge in [-0.2, -0.15) is 0 Å². The van der Waals surface area contributed by atoms with Crippen molar-refractivity contribution < 1.29 is 4.39 Å². The Labute approximate surface area is 181 Å². The van der Waals surface area contributed by atoms with Crippen LogP contribution in [0, 0.1) is 23.6 Å². The van der Waals surface area contributed by atoms with Crippen LogP contribution in [0.3, 0.4) is 0 Å². The zero-order valence-corrected chi connectivity index (χ0v) is 20.4. The van der Waals surface area contributed by atoms with Gasteiger partial charge in [-0.3, -0.25) is 0 Å². The molecule has 1 saturated heterocycles. The molecule has 0 N–H and O–H groups in total. The van der Waals surface area contributed by atoms with Gasteiger partial charge in [0, 0.05) is 8.80 Å². The Kier molecular flexibility index (Phi) is 9.75. The number of benzene rings is 1. The second-order valence-corrected chi connectivity index (χ2v) is 13.7. The molecule has 2 fully saturated rings. The average Bonchev–Trinajstić information content (AvgIpc) is 2.76. The SMILES string of the molecule is CCCC[SiH]1CCC([C@H]2CC[C@H](CCCCc3ccc(CC)c(F)c3)CC2)CC1. The van der Waals surface area contributed by atoms with Crippen molar-refractivity contribution in [2.75, 3.05) is 0 Å². The molecule has 0 bridgehead atoms. The average molecular weight is 417 g/mol. The van der Waals surface area contributed by atoms with Crippen LogP contribution in [-0.2, 0) is 12.8 Å². The van der Waals surface area contributed by atoms with Crippen LogP contribution in [0.1, 0.15) is 95.6 Å². The van der Waals surface area contributed by atoms with Crippen molar-refractivity contribution in [3.05, 3.63) is 35.1 Å². The third kappa shape index (κ3) is 7.23. The van der Waals surface area contributed by atoms with Crippen molar-refractivity contribution in [3.63, 3.8) is 0 Å². The lowest BCUT2D eigenvalue weighted by atomic mass is 9.73. The van der Waals surface area contributed by atoms with Crippen molar-refractivity contribution in [1.82, 2.24) is 0 Å². The van der Waals surface area contributed by atoms with Gasteiger partial charge >= 0.3 is 0 Å². The summed E-state index contributed by atoms with van der Waals surface area (Å²) >= 11 is 0. The predicted molar refractivity (Wildman–Crippen MR) is 128 cm³/mol. The van der Waals surface area contributed by atoms with Crippen molar-refractivity contribution in [1.29, 1.82) is 0 Å². The Balaban J connectivity index is 1.28. The molecule has 2 heteroatoms. The minimum absolute atomic E-state index is 0.00890. The molecule has 0 spiro atoms. The summed E-state index contributed by atoms with van der Waals surface area (Å²) in [5.41, 5.74) is 2.03. The van der Waals surface area contributed by atoms with Crippen LogP contribution in [0.25, 0.3) is 0 Å². The molecule has 1 saturated carbocycles. The molecule has 2 aliphatic rings. The van der Waals surface area contributed by atoms with E-state index >= 15 is 0 Å². The number of unbranched alkanes of at least 4 members (excludes halogenated alkanes) is 2. The Hall–Kier alpha value is -0.633. The third-order valence-electron chi connectivity index (χ3n) is 8.24. The molecule has 1 aromatic rings. The maximum absolute atomic E-state index is 13.9. The topological polar surface area (TPSA) is 0 Å². The van der Waals surface area contributed by atoms with E-state index in [1.54, 1.807) is 37.0 Å². The first kappa shape index (κ1) is 23.0. The van der Waals surface area contributed by atoms with Gasteiger partial charge in [0.15, 0.2) is 0 Å². The van der Waals surface area contributed by atoms with E-state index in [2.05, 4.69) is 13.0 Å². The highest BCUT2D eigenvalue weighted by molar-refractivity contribution is 6.58. The zero-order chi connectivity index (χ0) is 20.5. The van der Waals surface area contributed by atoms with E-state index in [4.69, 9.17) is 0 Å². The van der Waals surface area contributed by atoms with Crippen LogP contribution < -0.4 is 0 Å². The fourth-order valence-electron chi connectivity index (χ4n) is 6.18. The highest BCUT2D eigenvalue weighted by Crippen LogP contribution is 2.42. The van der Waals surface area contributed by atoms with Crippen molar-refractivity contribution in [2.45, 2.75) is 115 Å². The molecule has 3 rings (SSSR count). The van der Waals surface area contributed by atoms with Crippen molar-refractivity contribution >= 4 is 8.80 Å². The van der Waals surface area contributed by atoms with E-state index in [0.717, 1.165) is 36.2 Å². The quantitative estimate of drug-likeness (QED) is 0.265. The lowest BCUT2D eigenvalue weighted by Gasteiger charge is -2.37. The summed E-state index contributed by atoms with van der Waals surface area (Å²) in [5.74, 6) is 3.11. The molecule has 1 aliphatic carbocycles. The van der Waals surface area contributed by atoms with Gasteiger partial charge in [-0.15, -0.1) is 0 Å². The number of hydrogen-bond acceptors (Lipinski definition) is 0. The molecule has 0 nitrogen and oxygen atoms in total. The van der Waals surface area contributed by atoms with Crippen LogP contribution in [0.2, 0.25) is 18.1 Å². The minimum atomic E-state index is -0.326. The zero-order valence-electron chi connectivity index (χ0n) is 19.2. The van der Waals surface area contributed by atoms with Gasteiger partial charge < -0.3 is 0 Å². The first-order valence-electron chi connectivity index (χ1n) is 13.0. The molecule has 0 unspecified atom stereocenters. The molecule has 1 aromatic carbocycles. The summed E-state index contributed by atoms with van der Waals surface area (Å²) < 4.78 is 13.9. The largest absolute Gasteiger partial charge is 0.207 e. The molecule has 164 valence electrons. The highest BCUT2D eigenvalue weighted by atomic mass is 28.3. The molecule has 0 atom stereocenters. The first-order valence-corrected chi connectivity index (χ1v) is 15.4. The van der Waals surface area contributed by atoms with Gasteiger partial charge in [0.05, 0.1) is 0 Å². The smallest absolute Gasteiger partial charge is 0.126 e. The summed E-state index contributed by atoms with van der Waals surface area (Å²) in [6.07, 6.45) is 17.8. The van der Waals surface area contributed by atoms with E-state index in [1.165, 1.54) is 63.4 Å². The standard InChI is InChI=1S/C27H45FSi/c1-3-5-18-29-19-16-26(17-20-29)25-14-10-22(11-15-25)8-6-7-9-23-12-13-24(4-2)27(28)21-23/h12-13,21-22,25-26,29H,3-11,14-20H2,1-2H3/t22-,25-,26?,29?. The second kappa shape index (κ2) is 12.3. The second-order valence-electron chi connectivity index (χ2n) is 10.2. The number of aryl methyl sites for hydroxylation is 2. The number of halogens is 1. The Bertz CT molecular complexity index is 582. The molecular weight excluding hydrogens is 371 g/mol. The van der Waals surface area contributed by atoms with Gasteiger partial charge in [0.1, 0.15) is 5.82 Å². The maximum atomic E-state index is 13.9. The lowest BCUT2D eigenvalue weighted by Crippen LogP contribution is -2.28. The van der Waals surface area contributed by atoms with Gasteiger partial charge in [-0.25, -0.2) is 4.39 Å². The van der Waals surface area contributed by atoms with E-state index in [0.29, 0.717) is 0 Å². The number of hydrogen-bond donors (Lipinski definition) is 0. The number of rotatable bonds is 10. The Morgan fingerprint density at radius 1 is 0.897 bits per heavy atom. The van der Waals surface area contributed by atoms with Crippen LogP contribution in [0.15, 0.2) is 18.2 Å². The van der Waals surface area contributed by atoms with Gasteiger partial charge in [-0.1, -0.05) is 95.5 Å². The summed E-state index contributed by atoms with van der Waals surface area (Å²) in [7, 11) is -0.326. The van der Waals surface area contributed by atoms with E-state index in [1.807, 2.05) is 13.0 Å². The molecule has 0 amide bonds. The summed E-state index contributed by atoms with van der Waals surface area (Å²) in [6.45, 7) is 4.37. The van der Waals surface area contributed by atoms with Gasteiger partial charge in [0.25, 0.3) is 0 Å². The molecular formula is C27H45FSi. The third-order valence-corrected chi connectivity index (χ3v) is 11.8. The molecule has 0 radical (unpaired) electrons. The van der Waals surface area contributed by atoms with E-state index in [-0.39, 0.29) is 14.6 Å². The Morgan fingerprint density at radius 2 is 1.62 bits per heavy atom. The van der Waals surface area contributed by atoms with Crippen molar-refractivity contribution in [3.8, 4) is 0 Å². The molecule has 29 heavy (non-hydrogen) atoms. The molecule has 1 aliphatic heterocycles. The lowest BCUT2D eigenvalue weighted by molar-refractivity contribution is 0.184. The maximum Gasteiger partial charge on any atom is 0.126 e. The van der Waals surface area contributed by atoms with E-state index in [9.17, 15) is 4.39 Å². The normalized spacial score (nSPS) is 27.8. The highest BCUT2D eigenvalue weighted by Gasteiger charge is 2.30. The fraction of sp³-hybridized carbons (Fsp3) is 0.778. The summed E-state index contributed by atoms with van der Waals surface area (Å²) in [4.78, 5) is 0. The fourth-order valence-corrected chi connectivity index (χ4v) is 9.84. The van der Waals surface area contributed by atoms with Crippen LogP contribution >= 0.6 is 0 Å². The Morgan fingerprint density at radius 3 is 2.28 bits per heavy atom. The van der Waals surface area contributed by atoms with Crippen molar-refractivity contribution in [2.24, 2.45) is 17.8 Å². The summed E-state index contributed by atoms with van der Waals surface area (Å²) in [5, 5.41) is 0. The molecule has 0 aromatic heterocycles. The minimum Gasteiger partial charge on any atom is -0.207 e. The predicted octanol–water partition coefficient (Wildman–Crippen LogP) is 8.34. The van der Waals surface area contributed by atoms with E-state index < -0.39 is 0 Å². The first-order chi connectivity index (χ1) is 14.2.